The highest BCUT2D eigenvalue weighted by atomic mass is 16.2. The van der Waals surface area contributed by atoms with Crippen LogP contribution in [-0.2, 0) is 48.0 Å². The number of rotatable bonds is 30. The third kappa shape index (κ3) is 16.0. The lowest BCUT2D eigenvalue weighted by molar-refractivity contribution is -0.141. The van der Waals surface area contributed by atoms with Crippen LogP contribution in [-0.4, -0.2) is 124 Å². The van der Waals surface area contributed by atoms with Gasteiger partial charge in [-0.25, -0.2) is 0 Å². The Morgan fingerprint density at radius 1 is 0.440 bits per heavy atom. The fourth-order valence-electron chi connectivity index (χ4n) is 19.8. The second-order valence-electron chi connectivity index (χ2n) is 32.2. The number of fused-ring (bicyclic) bond motifs is 6. The molecule has 6 fully saturated rings. The van der Waals surface area contributed by atoms with Gasteiger partial charge in [0.15, 0.2) is 0 Å². The molecule has 100 heavy (non-hydrogen) atoms. The van der Waals surface area contributed by atoms with Crippen LogP contribution in [0.25, 0.3) is 0 Å². The van der Waals surface area contributed by atoms with Crippen molar-refractivity contribution in [2.45, 2.75) is 231 Å². The Morgan fingerprint density at radius 3 is 1.56 bits per heavy atom. The SMILES string of the molecule is CCN(C(=O)[C@H](Cc1ccccc1)NC(=O)[C@@H](N)CCc1cccc(C2CC3CC2C(c2ccccc2)C3N(CC)C(=O)[C@@H](NC(=O)[C@@H](N)C(C)C)C(C)C)c1)C1CC2CCC(C2)C1c1cccc(CC(C)[C@@H](NC(=O)[C@@H](N)C(C)C)C(=O)N(CC)C2C3CCC(C3)C2c2ccccc2)c1. The van der Waals surface area contributed by atoms with Crippen molar-refractivity contribution in [3.05, 3.63) is 178 Å². The normalized spacial score (nSPS) is 27.1. The Kier molecular flexibility index (Phi) is 24.3. The molecule has 5 aromatic rings. The fourth-order valence-corrected chi connectivity index (χ4v) is 19.8. The molecule has 11 rings (SSSR count). The van der Waals surface area contributed by atoms with Crippen LogP contribution in [0, 0.1) is 59.2 Å². The monoisotopic (exact) mass is 1360 g/mol. The molecular formula is C85H117N9O6. The summed E-state index contributed by atoms with van der Waals surface area (Å²) in [4.78, 5) is 94.3. The topological polar surface area (TPSA) is 226 Å². The van der Waals surface area contributed by atoms with Crippen molar-refractivity contribution in [3.8, 4) is 0 Å². The molecule has 6 aliphatic rings. The second kappa shape index (κ2) is 32.8. The third-order valence-corrected chi connectivity index (χ3v) is 24.9. The maximum atomic E-state index is 15.7. The molecule has 6 bridgehead atoms. The van der Waals surface area contributed by atoms with Crippen molar-refractivity contribution in [2.24, 2.45) is 76.4 Å². The number of hydrogen-bond acceptors (Lipinski definition) is 9. The number of nitrogens with two attached hydrogens (primary N) is 3. The quantitative estimate of drug-likeness (QED) is 0.0257. The summed E-state index contributed by atoms with van der Waals surface area (Å²) in [5.41, 5.74) is 27.9. The van der Waals surface area contributed by atoms with Crippen molar-refractivity contribution >= 4 is 35.4 Å². The van der Waals surface area contributed by atoms with Gasteiger partial charge in [0.1, 0.15) is 18.1 Å². The van der Waals surface area contributed by atoms with Gasteiger partial charge in [-0.05, 0) is 195 Å². The van der Waals surface area contributed by atoms with Gasteiger partial charge in [0.2, 0.25) is 35.4 Å². The van der Waals surface area contributed by atoms with Gasteiger partial charge < -0.3 is 47.9 Å². The van der Waals surface area contributed by atoms with Crippen LogP contribution in [0.2, 0.25) is 0 Å². The smallest absolute Gasteiger partial charge is 0.245 e. The fraction of sp³-hybridized carbons (Fsp3) is 0.576. The van der Waals surface area contributed by atoms with Gasteiger partial charge in [-0.15, -0.1) is 0 Å². The first-order valence-corrected chi connectivity index (χ1v) is 38.5. The Bertz CT molecular complexity index is 3590. The molecule has 15 nitrogen and oxygen atoms in total. The molecule has 5 aromatic carbocycles. The van der Waals surface area contributed by atoms with E-state index >= 15 is 9.59 Å². The summed E-state index contributed by atoms with van der Waals surface area (Å²) in [7, 11) is 0. The highest BCUT2D eigenvalue weighted by Gasteiger charge is 2.57. The molecule has 0 spiro atoms. The summed E-state index contributed by atoms with van der Waals surface area (Å²) in [6, 6.07) is 44.1. The number of aryl methyl sites for hydroxylation is 1. The summed E-state index contributed by atoms with van der Waals surface area (Å²) in [5, 5.41) is 9.55. The lowest BCUT2D eigenvalue weighted by Gasteiger charge is -2.44. The Labute approximate surface area is 597 Å². The molecular weight excluding hydrogens is 1240 g/mol. The van der Waals surface area contributed by atoms with Crippen molar-refractivity contribution in [3.63, 3.8) is 0 Å². The predicted octanol–water partition coefficient (Wildman–Crippen LogP) is 11.8. The van der Waals surface area contributed by atoms with Crippen LogP contribution in [0.5, 0.6) is 0 Å². The minimum absolute atomic E-state index is 0.0312. The van der Waals surface area contributed by atoms with Gasteiger partial charge >= 0.3 is 0 Å². The summed E-state index contributed by atoms with van der Waals surface area (Å²) >= 11 is 0. The number of benzene rings is 5. The van der Waals surface area contributed by atoms with Gasteiger partial charge in [0.25, 0.3) is 0 Å². The minimum Gasteiger partial charge on any atom is -0.343 e. The molecule has 6 aliphatic carbocycles. The van der Waals surface area contributed by atoms with Crippen molar-refractivity contribution in [1.82, 2.24) is 30.7 Å². The van der Waals surface area contributed by atoms with Crippen LogP contribution in [0.15, 0.2) is 140 Å². The molecule has 9 N–H and O–H groups in total. The number of carbonyl (C=O) groups is 6. The van der Waals surface area contributed by atoms with Gasteiger partial charge in [-0.3, -0.25) is 28.8 Å². The van der Waals surface area contributed by atoms with Gasteiger partial charge in [0, 0.05) is 61.9 Å². The molecule has 0 saturated heterocycles. The van der Waals surface area contributed by atoms with E-state index in [-0.39, 0.29) is 113 Å². The molecule has 15 heteroatoms. The summed E-state index contributed by atoms with van der Waals surface area (Å²) in [6.07, 6.45) is 11.3. The number of nitrogens with zero attached hydrogens (tertiary/aromatic N) is 3. The zero-order valence-corrected chi connectivity index (χ0v) is 61.4. The maximum absolute atomic E-state index is 15.7. The first kappa shape index (κ1) is 74.0. The molecule has 6 amide bonds. The van der Waals surface area contributed by atoms with E-state index in [4.69, 9.17) is 17.2 Å². The highest BCUT2D eigenvalue weighted by molar-refractivity contribution is 5.92. The van der Waals surface area contributed by atoms with E-state index in [9.17, 15) is 19.2 Å². The van der Waals surface area contributed by atoms with Gasteiger partial charge in [-0.1, -0.05) is 194 Å². The van der Waals surface area contributed by atoms with E-state index in [0.717, 1.165) is 68.1 Å². The van der Waals surface area contributed by atoms with Crippen molar-refractivity contribution in [1.29, 1.82) is 0 Å². The molecule has 0 aromatic heterocycles. The average Bonchev–Trinajstić information content (AvgIpc) is 1.57. The van der Waals surface area contributed by atoms with E-state index in [0.29, 0.717) is 69.0 Å². The lowest BCUT2D eigenvalue weighted by Crippen LogP contribution is -2.59. The van der Waals surface area contributed by atoms with Crippen LogP contribution >= 0.6 is 0 Å². The van der Waals surface area contributed by atoms with Gasteiger partial charge in [0.05, 0.1) is 18.1 Å². The molecule has 538 valence electrons. The Hall–Kier alpha value is -7.20. The number of nitrogens with one attached hydrogen (secondary N) is 3. The third-order valence-electron chi connectivity index (χ3n) is 24.9. The van der Waals surface area contributed by atoms with Crippen LogP contribution in [0.3, 0.4) is 0 Å². The largest absolute Gasteiger partial charge is 0.343 e. The Balaban J connectivity index is 0.786. The zero-order chi connectivity index (χ0) is 71.2. The summed E-state index contributed by atoms with van der Waals surface area (Å²) in [6.45, 7) is 21.5. The van der Waals surface area contributed by atoms with Gasteiger partial charge in [-0.2, -0.15) is 0 Å². The molecule has 0 heterocycles. The van der Waals surface area contributed by atoms with Crippen LogP contribution < -0.4 is 33.2 Å². The summed E-state index contributed by atoms with van der Waals surface area (Å²) < 4.78 is 0. The molecule has 6 saturated carbocycles. The maximum Gasteiger partial charge on any atom is 0.245 e. The first-order valence-electron chi connectivity index (χ1n) is 38.5. The first-order chi connectivity index (χ1) is 48.1. The Morgan fingerprint density at radius 2 is 0.950 bits per heavy atom. The van der Waals surface area contributed by atoms with Crippen molar-refractivity contribution in [2.75, 3.05) is 19.6 Å². The van der Waals surface area contributed by atoms with E-state index in [1.165, 1.54) is 28.7 Å². The van der Waals surface area contributed by atoms with Crippen LogP contribution in [0.4, 0.5) is 0 Å². The average molecular weight is 1360 g/mol. The molecule has 14 unspecified atom stereocenters. The van der Waals surface area contributed by atoms with E-state index < -0.39 is 36.3 Å². The van der Waals surface area contributed by atoms with Crippen molar-refractivity contribution < 1.29 is 28.8 Å². The lowest BCUT2D eigenvalue weighted by atomic mass is 9.71. The number of likely N-dealkylation sites (N-methyl/N-ethyl adjacent to an activating group) is 3. The van der Waals surface area contributed by atoms with E-state index in [1.54, 1.807) is 0 Å². The number of amides is 6. The highest BCUT2D eigenvalue weighted by Crippen LogP contribution is 2.61. The van der Waals surface area contributed by atoms with E-state index in [1.807, 2.05) is 77.9 Å². The second-order valence-corrected chi connectivity index (χ2v) is 32.2. The molecule has 0 aliphatic heterocycles. The molecule has 0 radical (unpaired) electrons. The summed E-state index contributed by atoms with van der Waals surface area (Å²) in [5.74, 6) is 1.23. The van der Waals surface area contributed by atoms with Crippen LogP contribution in [0.1, 0.15) is 196 Å². The minimum atomic E-state index is -0.874. The number of hydrogen-bond donors (Lipinski definition) is 6. The number of carbonyl (C=O) groups excluding carboxylic acids is 6. The molecule has 20 atom stereocenters. The standard InChI is InChI=1S/C85H117N9O6/c1-11-92(70-46-57-35-37-62(44-57)71(70)61-34-24-28-56(43-61)41-53(10)77(91-82(97)75(88)51(6)7)85(100)93(12-2)78-64-39-38-63(47-64)72(78)58-29-19-15-20-30-58)83(98)69(45-54-25-17-14-18-26-54)89-80(95)68(86)40-36-55-27-23-33-60(42-55)66-48-65-49-67(66)73(59-31-21-16-22-32-59)79(65)94(13-3)84(99)76(52(8)9)90-81(96)74(87)50(4)5/h14-34,42-43,50-53,57,62-79H,11-13,35-41,44-49,86-88H2,1-10H3,(H,89,95)(H,90,96)(H,91,97)/t53?,57?,62?,63?,64?,65?,66?,67?,68-,69-,70?,71?,72?,73?,74-,75-,76-,77+,78?,79?/m0/s1. The predicted molar refractivity (Wildman–Crippen MR) is 398 cm³/mol. The van der Waals surface area contributed by atoms with E-state index in [2.05, 4.69) is 161 Å². The zero-order valence-electron chi connectivity index (χ0n) is 61.4.